The highest BCUT2D eigenvalue weighted by Gasteiger charge is 2.21. The zero-order chi connectivity index (χ0) is 20.3. The number of carbonyl (C=O) groups excluding carboxylic acids is 1. The fourth-order valence-corrected chi connectivity index (χ4v) is 3.71. The molecule has 4 rings (SSSR count). The van der Waals surface area contributed by atoms with Gasteiger partial charge in [-0.1, -0.05) is 30.3 Å². The summed E-state index contributed by atoms with van der Waals surface area (Å²) in [4.78, 5) is 15.0. The highest BCUT2D eigenvalue weighted by molar-refractivity contribution is 8.13. The van der Waals surface area contributed by atoms with E-state index in [4.69, 9.17) is 16.4 Å². The maximum atomic E-state index is 11.5. The second kappa shape index (κ2) is 8.17. The number of imidazole rings is 1. The highest BCUT2D eigenvalue weighted by Crippen LogP contribution is 2.27. The lowest BCUT2D eigenvalue weighted by molar-refractivity contribution is 0.0999. The molecular formula is C18H20ClN5O3S. The third-order valence-corrected chi connectivity index (χ3v) is 5.46. The van der Waals surface area contributed by atoms with Gasteiger partial charge in [-0.2, -0.15) is 0 Å². The summed E-state index contributed by atoms with van der Waals surface area (Å²) in [6, 6.07) is 12.0. The quantitative estimate of drug-likeness (QED) is 0.625. The molecule has 28 heavy (non-hydrogen) atoms. The molecule has 0 spiro atoms. The number of primary amides is 1. The molecule has 2 aromatic heterocycles. The normalized spacial score (nSPS) is 13.4. The smallest absolute Gasteiger partial charge is 0.280 e. The van der Waals surface area contributed by atoms with E-state index < -0.39 is 9.05 Å². The summed E-state index contributed by atoms with van der Waals surface area (Å²) < 4.78 is 24.8. The van der Waals surface area contributed by atoms with Crippen LogP contribution in [-0.2, 0) is 29.2 Å². The molecule has 8 nitrogen and oxygen atoms in total. The van der Waals surface area contributed by atoms with E-state index >= 15 is 0 Å². The first-order valence-corrected chi connectivity index (χ1v) is 10.8. The van der Waals surface area contributed by atoms with Crippen molar-refractivity contribution in [2.75, 3.05) is 6.54 Å². The van der Waals surface area contributed by atoms with E-state index in [9.17, 15) is 13.2 Å². The zero-order valence-corrected chi connectivity index (χ0v) is 16.7. The number of aromatic nitrogens is 3. The molecule has 3 N–H and O–H groups in total. The van der Waals surface area contributed by atoms with Crippen molar-refractivity contribution in [1.82, 2.24) is 19.4 Å². The van der Waals surface area contributed by atoms with Crippen molar-refractivity contribution in [2.45, 2.75) is 18.1 Å². The number of carbonyl (C=O) groups is 1. The Balaban J connectivity index is 0.000000192. The van der Waals surface area contributed by atoms with Crippen LogP contribution in [0, 0.1) is 0 Å². The number of benzene rings is 1. The van der Waals surface area contributed by atoms with E-state index in [0.29, 0.717) is 12.1 Å². The molecule has 0 radical (unpaired) electrons. The molecule has 3 heterocycles. The third kappa shape index (κ3) is 4.44. The molecule has 1 aromatic carbocycles. The van der Waals surface area contributed by atoms with Crippen LogP contribution < -0.4 is 11.1 Å². The monoisotopic (exact) mass is 421 g/mol. The second-order valence-corrected chi connectivity index (χ2v) is 8.78. The molecule has 1 aliphatic rings. The number of amides is 1. The SMILES string of the molecule is Cn1cnc(S(=O)(=O)Cl)c1.NC(=O)c1cc(-c2ccccc2)n2c1CNCC2. The van der Waals surface area contributed by atoms with Crippen molar-refractivity contribution < 1.29 is 13.2 Å². The van der Waals surface area contributed by atoms with Crippen molar-refractivity contribution in [1.29, 1.82) is 0 Å². The van der Waals surface area contributed by atoms with Gasteiger partial charge in [0, 0.05) is 54.9 Å². The Morgan fingerprint density at radius 3 is 2.54 bits per heavy atom. The highest BCUT2D eigenvalue weighted by atomic mass is 35.7. The summed E-state index contributed by atoms with van der Waals surface area (Å²) in [6.45, 7) is 2.48. The van der Waals surface area contributed by atoms with E-state index in [1.54, 1.807) is 7.05 Å². The summed E-state index contributed by atoms with van der Waals surface area (Å²) in [7, 11) is 2.99. The largest absolute Gasteiger partial charge is 0.366 e. The maximum Gasteiger partial charge on any atom is 0.280 e. The van der Waals surface area contributed by atoms with Crippen molar-refractivity contribution in [3.8, 4) is 11.3 Å². The number of halogens is 1. The van der Waals surface area contributed by atoms with Gasteiger partial charge in [0.05, 0.1) is 11.9 Å². The molecule has 3 aromatic rings. The maximum absolute atomic E-state index is 11.5. The Hall–Kier alpha value is -2.62. The molecule has 0 bridgehead atoms. The van der Waals surface area contributed by atoms with Gasteiger partial charge in [-0.15, -0.1) is 0 Å². The molecule has 0 saturated heterocycles. The molecule has 148 valence electrons. The van der Waals surface area contributed by atoms with Crippen molar-refractivity contribution in [3.05, 3.63) is 60.2 Å². The Morgan fingerprint density at radius 1 is 1.29 bits per heavy atom. The topological polar surface area (TPSA) is 112 Å². The Morgan fingerprint density at radius 2 is 2.00 bits per heavy atom. The van der Waals surface area contributed by atoms with Crippen molar-refractivity contribution >= 4 is 25.6 Å². The van der Waals surface area contributed by atoms with Gasteiger partial charge < -0.3 is 20.2 Å². The van der Waals surface area contributed by atoms with Crippen LogP contribution in [0.15, 0.2) is 53.9 Å². The second-order valence-electron chi connectivity index (χ2n) is 6.26. The van der Waals surface area contributed by atoms with Crippen LogP contribution >= 0.6 is 10.7 Å². The number of nitrogens with two attached hydrogens (primary N) is 1. The zero-order valence-electron chi connectivity index (χ0n) is 15.2. The standard InChI is InChI=1S/C14H15N3O.C4H5ClN2O2S/c15-14(18)11-8-12(10-4-2-1-3-5-10)17-7-6-16-9-13(11)17;1-7-2-4(6-3-7)10(5,8)9/h1-5,8,16H,6-7,9H2,(H2,15,18);2-3H,1H3. The van der Waals surface area contributed by atoms with Crippen LogP contribution in [-0.4, -0.2) is 35.0 Å². The first-order valence-electron chi connectivity index (χ1n) is 8.48. The van der Waals surface area contributed by atoms with Gasteiger partial charge in [-0.25, -0.2) is 13.4 Å². The summed E-state index contributed by atoms with van der Waals surface area (Å²) in [6.07, 6.45) is 2.71. The van der Waals surface area contributed by atoms with E-state index in [1.807, 2.05) is 24.3 Å². The number of nitrogens with one attached hydrogen (secondary N) is 1. The lowest BCUT2D eigenvalue weighted by atomic mass is 10.1. The van der Waals surface area contributed by atoms with Crippen molar-refractivity contribution in [3.63, 3.8) is 0 Å². The number of rotatable bonds is 3. The van der Waals surface area contributed by atoms with Crippen molar-refractivity contribution in [2.24, 2.45) is 12.8 Å². The molecule has 10 heteroatoms. The minimum Gasteiger partial charge on any atom is -0.366 e. The molecular weight excluding hydrogens is 402 g/mol. The predicted octanol–water partition coefficient (Wildman–Crippen LogP) is 1.70. The summed E-state index contributed by atoms with van der Waals surface area (Å²) in [5, 5.41) is 3.16. The van der Waals surface area contributed by atoms with Crippen LogP contribution in [0.2, 0.25) is 0 Å². The first-order chi connectivity index (χ1) is 13.3. The third-order valence-electron chi connectivity index (χ3n) is 4.28. The fraction of sp³-hybridized carbons (Fsp3) is 0.222. The average molecular weight is 422 g/mol. The van der Waals surface area contributed by atoms with Gasteiger partial charge in [-0.3, -0.25) is 4.79 Å². The lowest BCUT2D eigenvalue weighted by Crippen LogP contribution is -2.29. The summed E-state index contributed by atoms with van der Waals surface area (Å²) in [5.74, 6) is -0.357. The van der Waals surface area contributed by atoms with E-state index in [-0.39, 0.29) is 10.9 Å². The Kier molecular flexibility index (Phi) is 5.87. The van der Waals surface area contributed by atoms with E-state index in [1.165, 1.54) is 17.1 Å². The molecule has 0 aliphatic carbocycles. The van der Waals surface area contributed by atoms with Gasteiger partial charge in [0.1, 0.15) is 0 Å². The number of nitrogens with zero attached hydrogens (tertiary/aromatic N) is 3. The molecule has 1 aliphatic heterocycles. The molecule has 1 amide bonds. The van der Waals surface area contributed by atoms with Gasteiger partial charge in [0.25, 0.3) is 15.0 Å². The molecule has 0 fully saturated rings. The Bertz CT molecular complexity index is 1090. The summed E-state index contributed by atoms with van der Waals surface area (Å²) in [5.41, 5.74) is 9.26. The fourth-order valence-electron chi connectivity index (χ4n) is 3.01. The van der Waals surface area contributed by atoms with Gasteiger partial charge in [0.2, 0.25) is 0 Å². The van der Waals surface area contributed by atoms with Gasteiger partial charge >= 0.3 is 0 Å². The lowest BCUT2D eigenvalue weighted by Gasteiger charge is -2.19. The van der Waals surface area contributed by atoms with Crippen LogP contribution in [0.5, 0.6) is 0 Å². The summed E-state index contributed by atoms with van der Waals surface area (Å²) >= 11 is 0. The first kappa shape index (κ1) is 20.1. The number of fused-ring (bicyclic) bond motifs is 1. The molecule has 0 saturated carbocycles. The average Bonchev–Trinajstić information content (AvgIpc) is 3.27. The van der Waals surface area contributed by atoms with Gasteiger partial charge in [-0.05, 0) is 11.6 Å². The van der Waals surface area contributed by atoms with Crippen LogP contribution in [0.25, 0.3) is 11.3 Å². The minimum absolute atomic E-state index is 0.114. The van der Waals surface area contributed by atoms with Crippen LogP contribution in [0.3, 0.4) is 0 Å². The number of aryl methyl sites for hydroxylation is 1. The number of hydrogen-bond donors (Lipinski definition) is 2. The van der Waals surface area contributed by atoms with Gasteiger partial charge in [0.15, 0.2) is 5.03 Å². The van der Waals surface area contributed by atoms with E-state index in [0.717, 1.165) is 30.0 Å². The van der Waals surface area contributed by atoms with E-state index in [2.05, 4.69) is 27.0 Å². The van der Waals surface area contributed by atoms with Crippen LogP contribution in [0.1, 0.15) is 16.1 Å². The Labute approximate surface area is 167 Å². The molecule has 0 atom stereocenters. The number of hydrogen-bond acceptors (Lipinski definition) is 5. The molecule has 0 unspecified atom stereocenters. The predicted molar refractivity (Wildman–Crippen MR) is 106 cm³/mol. The van der Waals surface area contributed by atoms with Crippen LogP contribution in [0.4, 0.5) is 0 Å². The minimum atomic E-state index is -3.64.